The van der Waals surface area contributed by atoms with Gasteiger partial charge in [0.2, 0.25) is 5.91 Å². The van der Waals surface area contributed by atoms with Gasteiger partial charge in [-0.1, -0.05) is 29.8 Å². The highest BCUT2D eigenvalue weighted by molar-refractivity contribution is 5.92. The topological polar surface area (TPSA) is 102 Å². The molecule has 3 aromatic rings. The summed E-state index contributed by atoms with van der Waals surface area (Å²) in [5.41, 5.74) is 4.70. The first-order valence-electron chi connectivity index (χ1n) is 8.99. The van der Waals surface area contributed by atoms with Crippen molar-refractivity contribution in [1.82, 2.24) is 19.6 Å². The summed E-state index contributed by atoms with van der Waals surface area (Å²) in [7, 11) is 0. The minimum Gasteiger partial charge on any atom is -0.477 e. The highest BCUT2D eigenvalue weighted by Gasteiger charge is 2.16. The minimum absolute atomic E-state index is 0.0612. The first kappa shape index (κ1) is 19.3. The average Bonchev–Trinajstić information content (AvgIpc) is 3.22. The molecule has 8 heteroatoms. The van der Waals surface area contributed by atoms with E-state index in [1.54, 1.807) is 0 Å². The number of benzene rings is 1. The van der Waals surface area contributed by atoms with Gasteiger partial charge in [-0.05, 0) is 32.4 Å². The van der Waals surface area contributed by atoms with Gasteiger partial charge in [-0.15, -0.1) is 0 Å². The van der Waals surface area contributed by atoms with Crippen LogP contribution in [0.2, 0.25) is 0 Å². The van der Waals surface area contributed by atoms with E-state index >= 15 is 0 Å². The summed E-state index contributed by atoms with van der Waals surface area (Å²) < 4.78 is 3.17. The normalized spacial score (nSPS) is 10.8. The van der Waals surface area contributed by atoms with E-state index < -0.39 is 5.97 Å². The van der Waals surface area contributed by atoms with Gasteiger partial charge < -0.3 is 10.4 Å². The van der Waals surface area contributed by atoms with Gasteiger partial charge in [0.1, 0.15) is 5.69 Å². The molecule has 0 atom stereocenters. The van der Waals surface area contributed by atoms with E-state index in [2.05, 4.69) is 39.8 Å². The lowest BCUT2D eigenvalue weighted by atomic mass is 10.1. The molecular formula is C20H23N5O3. The van der Waals surface area contributed by atoms with E-state index in [9.17, 15) is 9.59 Å². The third-order valence-corrected chi connectivity index (χ3v) is 4.59. The summed E-state index contributed by atoms with van der Waals surface area (Å²) in [6.07, 6.45) is 1.52. The smallest absolute Gasteiger partial charge is 0.354 e. The Morgan fingerprint density at radius 3 is 2.46 bits per heavy atom. The molecule has 0 radical (unpaired) electrons. The molecule has 0 aliphatic heterocycles. The van der Waals surface area contributed by atoms with Crippen LogP contribution in [0, 0.1) is 20.8 Å². The Balaban J connectivity index is 1.66. The fourth-order valence-electron chi connectivity index (χ4n) is 3.00. The predicted octanol–water partition coefficient (Wildman–Crippen LogP) is 2.78. The molecule has 0 aliphatic rings. The van der Waals surface area contributed by atoms with Gasteiger partial charge in [0, 0.05) is 12.6 Å². The molecule has 2 heterocycles. The van der Waals surface area contributed by atoms with Crippen molar-refractivity contribution in [1.29, 1.82) is 0 Å². The highest BCUT2D eigenvalue weighted by atomic mass is 16.4. The fraction of sp³-hybridized carbons (Fsp3) is 0.300. The number of nitrogens with one attached hydrogen (secondary N) is 1. The lowest BCUT2D eigenvalue weighted by Crippen LogP contribution is -2.18. The fourth-order valence-corrected chi connectivity index (χ4v) is 3.00. The Labute approximate surface area is 162 Å². The van der Waals surface area contributed by atoms with Crippen molar-refractivity contribution >= 4 is 17.6 Å². The molecule has 1 amide bonds. The van der Waals surface area contributed by atoms with Crippen molar-refractivity contribution in [2.45, 2.75) is 40.3 Å². The van der Waals surface area contributed by atoms with Crippen molar-refractivity contribution in [2.24, 2.45) is 0 Å². The van der Waals surface area contributed by atoms with Gasteiger partial charge in [-0.25, -0.2) is 4.79 Å². The summed E-state index contributed by atoms with van der Waals surface area (Å²) in [6, 6.07) is 9.65. The summed E-state index contributed by atoms with van der Waals surface area (Å²) in [6.45, 7) is 6.63. The van der Waals surface area contributed by atoms with Crippen molar-refractivity contribution in [2.75, 3.05) is 5.32 Å². The maximum absolute atomic E-state index is 12.4. The van der Waals surface area contributed by atoms with Crippen molar-refractivity contribution in [3.8, 4) is 0 Å². The summed E-state index contributed by atoms with van der Waals surface area (Å²) >= 11 is 0. The Kier molecular flexibility index (Phi) is 5.58. The Morgan fingerprint density at radius 2 is 1.79 bits per heavy atom. The lowest BCUT2D eigenvalue weighted by molar-refractivity contribution is -0.116. The van der Waals surface area contributed by atoms with E-state index in [1.165, 1.54) is 22.5 Å². The van der Waals surface area contributed by atoms with E-state index in [0.717, 1.165) is 17.0 Å². The second kappa shape index (κ2) is 8.08. The van der Waals surface area contributed by atoms with Crippen LogP contribution >= 0.6 is 0 Å². The van der Waals surface area contributed by atoms with Crippen LogP contribution in [0.4, 0.5) is 5.69 Å². The number of anilines is 1. The van der Waals surface area contributed by atoms with Gasteiger partial charge in [0.25, 0.3) is 0 Å². The number of amides is 1. The molecule has 8 nitrogen and oxygen atoms in total. The third kappa shape index (κ3) is 4.28. The van der Waals surface area contributed by atoms with Crippen molar-refractivity contribution in [3.05, 3.63) is 64.7 Å². The molecule has 28 heavy (non-hydrogen) atoms. The van der Waals surface area contributed by atoms with Crippen LogP contribution in [0.1, 0.15) is 39.4 Å². The van der Waals surface area contributed by atoms with Crippen LogP contribution < -0.4 is 5.32 Å². The molecule has 2 N–H and O–H groups in total. The molecule has 0 bridgehead atoms. The Hall–Kier alpha value is -3.42. The monoisotopic (exact) mass is 381 g/mol. The lowest BCUT2D eigenvalue weighted by Gasteiger charge is -2.08. The zero-order valence-corrected chi connectivity index (χ0v) is 16.1. The number of rotatable bonds is 7. The van der Waals surface area contributed by atoms with Gasteiger partial charge in [-0.2, -0.15) is 10.2 Å². The van der Waals surface area contributed by atoms with Gasteiger partial charge >= 0.3 is 5.97 Å². The first-order valence-corrected chi connectivity index (χ1v) is 8.99. The summed E-state index contributed by atoms with van der Waals surface area (Å²) in [4.78, 5) is 23.5. The molecule has 0 spiro atoms. The molecule has 0 unspecified atom stereocenters. The standard InChI is InChI=1S/C20H23N5O3/c1-13-4-6-16(7-5-13)12-25-15(3)19(14(2)23-25)22-18(26)9-11-24-17(20(27)28)8-10-21-24/h4-8,10H,9,11-12H2,1-3H3,(H,22,26)(H,27,28). The molecule has 0 fully saturated rings. The average molecular weight is 381 g/mol. The largest absolute Gasteiger partial charge is 0.477 e. The number of aromatic nitrogens is 4. The predicted molar refractivity (Wildman–Crippen MR) is 104 cm³/mol. The number of aryl methyl sites for hydroxylation is 3. The zero-order chi connectivity index (χ0) is 20.3. The zero-order valence-electron chi connectivity index (χ0n) is 16.1. The number of nitrogens with zero attached hydrogens (tertiary/aromatic N) is 4. The van der Waals surface area contributed by atoms with E-state index in [0.29, 0.717) is 12.2 Å². The molecule has 2 aromatic heterocycles. The molecule has 3 rings (SSSR count). The number of carbonyl (C=O) groups excluding carboxylic acids is 1. The van der Waals surface area contributed by atoms with E-state index in [1.807, 2.05) is 25.5 Å². The Bertz CT molecular complexity index is 1000. The highest BCUT2D eigenvalue weighted by Crippen LogP contribution is 2.21. The Morgan fingerprint density at radius 1 is 1.07 bits per heavy atom. The quantitative estimate of drug-likeness (QED) is 0.655. The van der Waals surface area contributed by atoms with Gasteiger partial charge in [0.15, 0.2) is 0 Å². The summed E-state index contributed by atoms with van der Waals surface area (Å²) in [5.74, 6) is -1.28. The molecule has 1 aromatic carbocycles. The number of hydrogen-bond donors (Lipinski definition) is 2. The number of aromatic carboxylic acids is 1. The number of carboxylic acid groups (broad SMARTS) is 1. The van der Waals surface area contributed by atoms with Crippen LogP contribution in [0.25, 0.3) is 0 Å². The van der Waals surface area contributed by atoms with Crippen LogP contribution in [0.3, 0.4) is 0 Å². The minimum atomic E-state index is -1.07. The van der Waals surface area contributed by atoms with Crippen LogP contribution in [-0.4, -0.2) is 36.5 Å². The molecule has 0 saturated heterocycles. The van der Waals surface area contributed by atoms with Crippen molar-refractivity contribution < 1.29 is 14.7 Å². The third-order valence-electron chi connectivity index (χ3n) is 4.59. The second-order valence-corrected chi connectivity index (χ2v) is 6.73. The first-order chi connectivity index (χ1) is 13.3. The maximum Gasteiger partial charge on any atom is 0.354 e. The van der Waals surface area contributed by atoms with E-state index in [-0.39, 0.29) is 24.6 Å². The van der Waals surface area contributed by atoms with Gasteiger partial charge in [0.05, 0.1) is 30.2 Å². The molecular weight excluding hydrogens is 358 g/mol. The number of hydrogen-bond acceptors (Lipinski definition) is 4. The van der Waals surface area contributed by atoms with Crippen molar-refractivity contribution in [3.63, 3.8) is 0 Å². The molecule has 146 valence electrons. The molecule has 0 aliphatic carbocycles. The second-order valence-electron chi connectivity index (χ2n) is 6.73. The number of carbonyl (C=O) groups is 2. The van der Waals surface area contributed by atoms with Crippen LogP contribution in [-0.2, 0) is 17.9 Å². The van der Waals surface area contributed by atoms with E-state index in [4.69, 9.17) is 5.11 Å². The number of carboxylic acids is 1. The van der Waals surface area contributed by atoms with Crippen LogP contribution in [0.5, 0.6) is 0 Å². The summed E-state index contributed by atoms with van der Waals surface area (Å²) in [5, 5.41) is 20.5. The van der Waals surface area contributed by atoms with Gasteiger partial charge in [-0.3, -0.25) is 14.2 Å². The molecule has 0 saturated carbocycles. The van der Waals surface area contributed by atoms with Crippen LogP contribution in [0.15, 0.2) is 36.5 Å². The maximum atomic E-state index is 12.4. The SMILES string of the molecule is Cc1ccc(Cn2nc(C)c(NC(=O)CCn3nccc3C(=O)O)c2C)cc1.